The fourth-order valence-electron chi connectivity index (χ4n) is 5.79. The Labute approximate surface area is 275 Å². The number of hydrogen-bond acceptors (Lipinski definition) is 6. The van der Waals surface area contributed by atoms with Crippen molar-refractivity contribution in [2.75, 3.05) is 24.6 Å². The minimum atomic E-state index is -0.952. The normalized spacial score (nSPS) is 15.8. The van der Waals surface area contributed by atoms with Crippen molar-refractivity contribution < 1.29 is 23.4 Å². The van der Waals surface area contributed by atoms with E-state index in [9.17, 15) is 9.18 Å². The third-order valence-corrected chi connectivity index (χ3v) is 8.20. The standard InChI is InChI=1S/C39H51FN2O4/c1-10-11-32-34(29-14-18-31(19-15-29)44-25-20-28-12-16-30(40)17-13-28)35(42-23-21-39(8,9)22-24-42)33(27(4)41-32)36(46-38(5,6)7)37(43)45-26(2)3/h10-19,26,36H,20-25H2,1-9H3/b11-10+/t36-/m0/s1. The van der Waals surface area contributed by atoms with Gasteiger partial charge >= 0.3 is 5.97 Å². The van der Waals surface area contributed by atoms with E-state index in [2.05, 4.69) is 30.9 Å². The smallest absolute Gasteiger partial charge is 0.340 e. The van der Waals surface area contributed by atoms with Crippen LogP contribution in [0.1, 0.15) is 96.9 Å². The Morgan fingerprint density at radius 3 is 2.24 bits per heavy atom. The molecule has 0 N–H and O–H groups in total. The number of aryl methyl sites for hydroxylation is 1. The van der Waals surface area contributed by atoms with Crippen molar-refractivity contribution in [3.8, 4) is 16.9 Å². The first-order valence-corrected chi connectivity index (χ1v) is 16.5. The molecule has 0 radical (unpaired) electrons. The second kappa shape index (κ2) is 14.8. The molecule has 0 unspecified atom stereocenters. The third kappa shape index (κ3) is 9.18. The van der Waals surface area contributed by atoms with E-state index in [1.807, 2.05) is 72.8 Å². The van der Waals surface area contributed by atoms with Gasteiger partial charge in [0.25, 0.3) is 0 Å². The van der Waals surface area contributed by atoms with Gasteiger partial charge in [-0.2, -0.15) is 0 Å². The van der Waals surface area contributed by atoms with Gasteiger partial charge in [0.05, 0.1) is 29.7 Å². The molecule has 2 heterocycles. The molecule has 0 bridgehead atoms. The zero-order chi connectivity index (χ0) is 33.6. The number of halogens is 1. The lowest BCUT2D eigenvalue weighted by Gasteiger charge is -2.41. The molecule has 1 aliphatic heterocycles. The minimum Gasteiger partial charge on any atom is -0.493 e. The molecule has 3 aromatic rings. The molecule has 1 fully saturated rings. The lowest BCUT2D eigenvalue weighted by molar-refractivity contribution is -0.171. The summed E-state index contributed by atoms with van der Waals surface area (Å²) in [6.07, 6.45) is 5.51. The molecular weight excluding hydrogens is 579 g/mol. The summed E-state index contributed by atoms with van der Waals surface area (Å²) < 4.78 is 31.7. The number of rotatable bonds is 11. The second-order valence-corrected chi connectivity index (χ2v) is 14.2. The van der Waals surface area contributed by atoms with Gasteiger partial charge < -0.3 is 19.1 Å². The largest absolute Gasteiger partial charge is 0.493 e. The molecule has 7 heteroatoms. The molecule has 248 valence electrons. The summed E-state index contributed by atoms with van der Waals surface area (Å²) in [6, 6.07) is 14.6. The van der Waals surface area contributed by atoms with Gasteiger partial charge in [-0.15, -0.1) is 0 Å². The highest BCUT2D eigenvalue weighted by atomic mass is 19.1. The van der Waals surface area contributed by atoms with E-state index in [1.54, 1.807) is 12.1 Å². The van der Waals surface area contributed by atoms with Gasteiger partial charge in [-0.05, 0) is 108 Å². The molecule has 1 aromatic heterocycles. The number of carbonyl (C=O) groups is 1. The average molecular weight is 631 g/mol. The number of aromatic nitrogens is 1. The molecule has 0 spiro atoms. The van der Waals surface area contributed by atoms with E-state index in [-0.39, 0.29) is 17.3 Å². The van der Waals surface area contributed by atoms with Crippen molar-refractivity contribution in [3.05, 3.63) is 82.9 Å². The first kappa shape index (κ1) is 35.1. The maximum absolute atomic E-state index is 13.8. The summed E-state index contributed by atoms with van der Waals surface area (Å²) in [6.45, 7) is 20.3. The van der Waals surface area contributed by atoms with Crippen molar-refractivity contribution >= 4 is 17.7 Å². The summed E-state index contributed by atoms with van der Waals surface area (Å²) in [5, 5.41) is 0. The first-order chi connectivity index (χ1) is 21.7. The SMILES string of the molecule is C/C=C/c1nc(C)c([C@H](OC(C)(C)C)C(=O)OC(C)C)c(N2CCC(C)(C)CC2)c1-c1ccc(OCCc2ccc(F)cc2)cc1. The number of pyridine rings is 1. The Balaban J connectivity index is 1.82. The molecule has 4 rings (SSSR count). The predicted octanol–water partition coefficient (Wildman–Crippen LogP) is 9.28. The Kier molecular flexibility index (Phi) is 11.3. The number of hydrogen-bond donors (Lipinski definition) is 0. The number of carbonyl (C=O) groups excluding carboxylic acids is 1. The molecule has 6 nitrogen and oxygen atoms in total. The second-order valence-electron chi connectivity index (χ2n) is 14.2. The molecular formula is C39H51FN2O4. The predicted molar refractivity (Wildman–Crippen MR) is 185 cm³/mol. The Morgan fingerprint density at radius 2 is 1.67 bits per heavy atom. The lowest BCUT2D eigenvalue weighted by atomic mass is 9.81. The maximum Gasteiger partial charge on any atom is 0.340 e. The van der Waals surface area contributed by atoms with Crippen LogP contribution in [0.4, 0.5) is 10.1 Å². The van der Waals surface area contributed by atoms with Crippen LogP contribution in [0.15, 0.2) is 54.6 Å². The summed E-state index contributed by atoms with van der Waals surface area (Å²) in [5.41, 5.74) is 5.87. The molecule has 46 heavy (non-hydrogen) atoms. The Bertz CT molecular complexity index is 1490. The minimum absolute atomic E-state index is 0.232. The van der Waals surface area contributed by atoms with Gasteiger partial charge in [0.1, 0.15) is 11.6 Å². The van der Waals surface area contributed by atoms with E-state index in [0.717, 1.165) is 71.0 Å². The van der Waals surface area contributed by atoms with Gasteiger partial charge in [0.15, 0.2) is 6.10 Å². The average Bonchev–Trinajstić information content (AvgIpc) is 2.97. The van der Waals surface area contributed by atoms with Crippen molar-refractivity contribution in [2.24, 2.45) is 5.41 Å². The number of ether oxygens (including phenoxy) is 3. The Hall–Kier alpha value is -3.71. The molecule has 2 aromatic carbocycles. The van der Waals surface area contributed by atoms with E-state index in [0.29, 0.717) is 13.0 Å². The summed E-state index contributed by atoms with van der Waals surface area (Å²) in [5.74, 6) is 0.0875. The number of nitrogens with zero attached hydrogens (tertiary/aromatic N) is 2. The van der Waals surface area contributed by atoms with Gasteiger partial charge in [-0.25, -0.2) is 9.18 Å². The zero-order valence-electron chi connectivity index (χ0n) is 29.1. The van der Waals surface area contributed by atoms with Crippen LogP contribution in [0, 0.1) is 18.2 Å². The highest BCUT2D eigenvalue weighted by Gasteiger charge is 2.37. The Morgan fingerprint density at radius 1 is 1.04 bits per heavy atom. The van der Waals surface area contributed by atoms with Crippen molar-refractivity contribution in [1.82, 2.24) is 4.98 Å². The topological polar surface area (TPSA) is 60.9 Å². The van der Waals surface area contributed by atoms with E-state index in [1.165, 1.54) is 12.1 Å². The number of piperidine rings is 1. The fourth-order valence-corrected chi connectivity index (χ4v) is 5.79. The van der Waals surface area contributed by atoms with Crippen molar-refractivity contribution in [2.45, 2.75) is 99.4 Å². The fraction of sp³-hybridized carbons (Fsp3) is 0.487. The molecule has 1 atom stereocenters. The van der Waals surface area contributed by atoms with E-state index in [4.69, 9.17) is 19.2 Å². The number of allylic oxidation sites excluding steroid dienone is 1. The third-order valence-electron chi connectivity index (χ3n) is 8.20. The summed E-state index contributed by atoms with van der Waals surface area (Å²) in [4.78, 5) is 21.3. The zero-order valence-corrected chi connectivity index (χ0v) is 29.1. The molecule has 0 saturated carbocycles. The van der Waals surface area contributed by atoms with Crippen molar-refractivity contribution in [1.29, 1.82) is 0 Å². The van der Waals surface area contributed by atoms with Crippen LogP contribution in [-0.2, 0) is 20.7 Å². The maximum atomic E-state index is 13.8. The quantitative estimate of drug-likeness (QED) is 0.197. The van der Waals surface area contributed by atoms with E-state index < -0.39 is 17.7 Å². The molecule has 1 saturated heterocycles. The molecule has 0 aliphatic carbocycles. The van der Waals surface area contributed by atoms with Gasteiger partial charge in [-0.3, -0.25) is 4.98 Å². The van der Waals surface area contributed by atoms with Crippen LogP contribution < -0.4 is 9.64 Å². The number of benzene rings is 2. The molecule has 0 amide bonds. The van der Waals surface area contributed by atoms with Crippen LogP contribution in [0.25, 0.3) is 17.2 Å². The first-order valence-electron chi connectivity index (χ1n) is 16.5. The van der Waals surface area contributed by atoms with Gasteiger partial charge in [0, 0.05) is 36.3 Å². The number of anilines is 1. The number of esters is 1. The monoisotopic (exact) mass is 630 g/mol. The highest BCUT2D eigenvalue weighted by molar-refractivity contribution is 5.91. The van der Waals surface area contributed by atoms with E-state index >= 15 is 0 Å². The van der Waals surface area contributed by atoms with Crippen LogP contribution in [-0.4, -0.2) is 42.4 Å². The van der Waals surface area contributed by atoms with Gasteiger partial charge in [0.2, 0.25) is 0 Å². The summed E-state index contributed by atoms with van der Waals surface area (Å²) >= 11 is 0. The van der Waals surface area contributed by atoms with Gasteiger partial charge in [-0.1, -0.05) is 44.2 Å². The summed E-state index contributed by atoms with van der Waals surface area (Å²) in [7, 11) is 0. The lowest BCUT2D eigenvalue weighted by Crippen LogP contribution is -2.39. The highest BCUT2D eigenvalue weighted by Crippen LogP contribution is 2.45. The van der Waals surface area contributed by atoms with Crippen LogP contribution >= 0.6 is 0 Å². The van der Waals surface area contributed by atoms with Crippen LogP contribution in [0.3, 0.4) is 0 Å². The molecule has 1 aliphatic rings. The van der Waals surface area contributed by atoms with Crippen LogP contribution in [0.5, 0.6) is 5.75 Å². The van der Waals surface area contributed by atoms with Crippen LogP contribution in [0.2, 0.25) is 0 Å². The van der Waals surface area contributed by atoms with Crippen molar-refractivity contribution in [3.63, 3.8) is 0 Å².